The van der Waals surface area contributed by atoms with Gasteiger partial charge in [0.2, 0.25) is 10.0 Å². The van der Waals surface area contributed by atoms with Crippen LogP contribution in [0.1, 0.15) is 37.7 Å². The van der Waals surface area contributed by atoms with Crippen LogP contribution in [0.3, 0.4) is 0 Å². The summed E-state index contributed by atoms with van der Waals surface area (Å²) in [5.41, 5.74) is 5.99. The van der Waals surface area contributed by atoms with E-state index in [0.29, 0.717) is 25.1 Å². The number of benzene rings is 1. The summed E-state index contributed by atoms with van der Waals surface area (Å²) in [5.74, 6) is -0.416. The minimum absolute atomic E-state index is 0.0472. The second kappa shape index (κ2) is 6.85. The van der Waals surface area contributed by atoms with Crippen LogP contribution in [0.4, 0.5) is 4.39 Å². The maximum atomic E-state index is 13.2. The monoisotopic (exact) mass is 314 g/mol. The number of nitrogens with two attached hydrogens (primary N) is 1. The van der Waals surface area contributed by atoms with Crippen LogP contribution in [0.2, 0.25) is 0 Å². The summed E-state index contributed by atoms with van der Waals surface area (Å²) in [6.45, 7) is 2.52. The first-order valence-electron chi connectivity index (χ1n) is 7.45. The third-order valence-corrected chi connectivity index (χ3v) is 6.15. The van der Waals surface area contributed by atoms with Crippen molar-refractivity contribution < 1.29 is 12.8 Å². The fourth-order valence-electron chi connectivity index (χ4n) is 2.97. The van der Waals surface area contributed by atoms with Gasteiger partial charge >= 0.3 is 0 Å². The van der Waals surface area contributed by atoms with Crippen molar-refractivity contribution in [2.45, 2.75) is 50.0 Å². The number of halogens is 1. The average Bonchev–Trinajstić information content (AvgIpc) is 2.92. The quantitative estimate of drug-likeness (QED) is 0.877. The van der Waals surface area contributed by atoms with Gasteiger partial charge in [0, 0.05) is 12.6 Å². The highest BCUT2D eigenvalue weighted by molar-refractivity contribution is 7.89. The number of hydrogen-bond acceptors (Lipinski definition) is 3. The Bertz CT molecular complexity index is 583. The van der Waals surface area contributed by atoms with Crippen LogP contribution in [-0.2, 0) is 10.0 Å². The molecule has 6 heteroatoms. The smallest absolute Gasteiger partial charge is 0.243 e. The maximum Gasteiger partial charge on any atom is 0.243 e. The van der Waals surface area contributed by atoms with E-state index in [-0.39, 0.29) is 10.9 Å². The van der Waals surface area contributed by atoms with E-state index in [0.717, 1.165) is 25.7 Å². The van der Waals surface area contributed by atoms with Crippen molar-refractivity contribution in [2.75, 3.05) is 13.1 Å². The van der Waals surface area contributed by atoms with Crippen LogP contribution in [0.5, 0.6) is 0 Å². The molecule has 0 radical (unpaired) electrons. The van der Waals surface area contributed by atoms with Crippen LogP contribution in [0.15, 0.2) is 23.1 Å². The Labute approximate surface area is 126 Å². The molecule has 1 saturated carbocycles. The zero-order valence-corrected chi connectivity index (χ0v) is 13.2. The van der Waals surface area contributed by atoms with Crippen LogP contribution in [-0.4, -0.2) is 31.9 Å². The van der Waals surface area contributed by atoms with Gasteiger partial charge in [-0.25, -0.2) is 12.8 Å². The minimum Gasteiger partial charge on any atom is -0.330 e. The Balaban J connectivity index is 2.35. The van der Waals surface area contributed by atoms with Crippen molar-refractivity contribution in [3.8, 4) is 0 Å². The van der Waals surface area contributed by atoms with Crippen molar-refractivity contribution in [1.82, 2.24) is 4.31 Å². The van der Waals surface area contributed by atoms with Crippen LogP contribution in [0.25, 0.3) is 0 Å². The van der Waals surface area contributed by atoms with Crippen molar-refractivity contribution in [3.05, 3.63) is 29.6 Å². The topological polar surface area (TPSA) is 63.4 Å². The average molecular weight is 314 g/mol. The second-order valence-corrected chi connectivity index (χ2v) is 7.47. The Kier molecular flexibility index (Phi) is 5.35. The van der Waals surface area contributed by atoms with E-state index < -0.39 is 15.8 Å². The lowest BCUT2D eigenvalue weighted by atomic mass is 10.2. The van der Waals surface area contributed by atoms with E-state index in [2.05, 4.69) is 0 Å². The Morgan fingerprint density at radius 2 is 2.00 bits per heavy atom. The standard InChI is InChI=1S/C15H23FN2O2S/c1-12-11-13(16)7-8-15(12)21(19,20)18(10-4-9-17)14-5-2-3-6-14/h7-8,11,14H,2-6,9-10,17H2,1H3. The van der Waals surface area contributed by atoms with Crippen molar-refractivity contribution in [2.24, 2.45) is 5.73 Å². The van der Waals surface area contributed by atoms with Gasteiger partial charge < -0.3 is 5.73 Å². The number of aryl methyl sites for hydroxylation is 1. The molecule has 0 atom stereocenters. The summed E-state index contributed by atoms with van der Waals surface area (Å²) in [5, 5.41) is 0. The van der Waals surface area contributed by atoms with E-state index in [9.17, 15) is 12.8 Å². The highest BCUT2D eigenvalue weighted by Gasteiger charge is 2.33. The Morgan fingerprint density at radius 3 is 2.57 bits per heavy atom. The van der Waals surface area contributed by atoms with Gasteiger partial charge in [-0.15, -0.1) is 0 Å². The Morgan fingerprint density at radius 1 is 1.33 bits per heavy atom. The zero-order chi connectivity index (χ0) is 15.5. The summed E-state index contributed by atoms with van der Waals surface area (Å²) in [6, 6.07) is 3.88. The largest absolute Gasteiger partial charge is 0.330 e. The van der Waals surface area contributed by atoms with Crippen molar-refractivity contribution in [3.63, 3.8) is 0 Å². The molecular formula is C15H23FN2O2S. The molecule has 0 unspecified atom stereocenters. The van der Waals surface area contributed by atoms with Gasteiger partial charge in [-0.1, -0.05) is 12.8 Å². The molecule has 1 fully saturated rings. The van der Waals surface area contributed by atoms with Gasteiger partial charge in [0.05, 0.1) is 4.90 Å². The fourth-order valence-corrected chi connectivity index (χ4v) is 4.90. The molecule has 1 aromatic carbocycles. The summed E-state index contributed by atoms with van der Waals surface area (Å²) in [4.78, 5) is 0.202. The molecule has 0 aromatic heterocycles. The first kappa shape index (κ1) is 16.4. The summed E-state index contributed by atoms with van der Waals surface area (Å²) in [6.07, 6.45) is 4.54. The highest BCUT2D eigenvalue weighted by Crippen LogP contribution is 2.30. The van der Waals surface area contributed by atoms with Gasteiger partial charge in [0.25, 0.3) is 0 Å². The fraction of sp³-hybridized carbons (Fsp3) is 0.600. The summed E-state index contributed by atoms with van der Waals surface area (Å²) in [7, 11) is -3.59. The molecule has 21 heavy (non-hydrogen) atoms. The van der Waals surface area contributed by atoms with Crippen LogP contribution < -0.4 is 5.73 Å². The number of nitrogens with zero attached hydrogens (tertiary/aromatic N) is 1. The van der Waals surface area contributed by atoms with E-state index in [4.69, 9.17) is 5.73 Å². The van der Waals surface area contributed by atoms with Crippen LogP contribution >= 0.6 is 0 Å². The third-order valence-electron chi connectivity index (χ3n) is 4.04. The Hall–Kier alpha value is -0.980. The predicted molar refractivity (Wildman–Crippen MR) is 81.0 cm³/mol. The molecule has 1 aromatic rings. The molecule has 0 saturated heterocycles. The van der Waals surface area contributed by atoms with E-state index >= 15 is 0 Å². The second-order valence-electron chi connectivity index (χ2n) is 5.61. The molecule has 1 aliphatic rings. The third kappa shape index (κ3) is 3.62. The molecule has 2 N–H and O–H groups in total. The molecule has 0 heterocycles. The van der Waals surface area contributed by atoms with Gasteiger partial charge in [-0.3, -0.25) is 0 Å². The number of hydrogen-bond donors (Lipinski definition) is 1. The lowest BCUT2D eigenvalue weighted by Gasteiger charge is -2.28. The molecule has 118 valence electrons. The predicted octanol–water partition coefficient (Wildman–Crippen LogP) is 2.42. The first-order valence-corrected chi connectivity index (χ1v) is 8.89. The number of sulfonamides is 1. The van der Waals surface area contributed by atoms with Gasteiger partial charge in [-0.05, 0) is 56.5 Å². The van der Waals surface area contributed by atoms with E-state index in [1.54, 1.807) is 11.2 Å². The summed E-state index contributed by atoms with van der Waals surface area (Å²) >= 11 is 0. The maximum absolute atomic E-state index is 13.2. The molecule has 0 aliphatic heterocycles. The lowest BCUT2D eigenvalue weighted by Crippen LogP contribution is -2.40. The number of rotatable bonds is 6. The van der Waals surface area contributed by atoms with Gasteiger partial charge in [-0.2, -0.15) is 4.31 Å². The van der Waals surface area contributed by atoms with Crippen LogP contribution in [0, 0.1) is 12.7 Å². The lowest BCUT2D eigenvalue weighted by molar-refractivity contribution is 0.320. The summed E-state index contributed by atoms with van der Waals surface area (Å²) < 4.78 is 40.6. The highest BCUT2D eigenvalue weighted by atomic mass is 32.2. The van der Waals surface area contributed by atoms with Gasteiger partial charge in [0.1, 0.15) is 5.82 Å². The van der Waals surface area contributed by atoms with Crippen molar-refractivity contribution >= 4 is 10.0 Å². The first-order chi connectivity index (χ1) is 9.96. The van der Waals surface area contributed by atoms with Crippen molar-refractivity contribution in [1.29, 1.82) is 0 Å². The molecule has 1 aliphatic carbocycles. The molecule has 0 amide bonds. The SMILES string of the molecule is Cc1cc(F)ccc1S(=O)(=O)N(CCCN)C1CCCC1. The minimum atomic E-state index is -3.59. The molecular weight excluding hydrogens is 291 g/mol. The zero-order valence-electron chi connectivity index (χ0n) is 12.4. The van der Waals surface area contributed by atoms with E-state index in [1.807, 2.05) is 0 Å². The van der Waals surface area contributed by atoms with Gasteiger partial charge in [0.15, 0.2) is 0 Å². The molecule has 4 nitrogen and oxygen atoms in total. The molecule has 2 rings (SSSR count). The molecule has 0 bridgehead atoms. The molecule has 0 spiro atoms. The normalized spacial score (nSPS) is 16.8. The van der Waals surface area contributed by atoms with E-state index in [1.165, 1.54) is 18.2 Å².